The number of nitrogens with one attached hydrogen (secondary N) is 1. The molecule has 0 spiro atoms. The van der Waals surface area contributed by atoms with Gasteiger partial charge in [0.25, 0.3) is 0 Å². The molecule has 0 aliphatic carbocycles. The molecule has 0 aromatic heterocycles. The number of amides is 2. The van der Waals surface area contributed by atoms with Gasteiger partial charge < -0.3 is 10.2 Å². The van der Waals surface area contributed by atoms with Crippen molar-refractivity contribution in [3.63, 3.8) is 0 Å². The van der Waals surface area contributed by atoms with Crippen molar-refractivity contribution >= 4 is 23.6 Å². The van der Waals surface area contributed by atoms with Crippen LogP contribution in [0.25, 0.3) is 0 Å². The summed E-state index contributed by atoms with van der Waals surface area (Å²) in [5.41, 5.74) is 3.08. The molecule has 2 amide bonds. The monoisotopic (exact) mass is 416 g/mol. The van der Waals surface area contributed by atoms with E-state index in [1.165, 1.54) is 23.9 Å². The summed E-state index contributed by atoms with van der Waals surface area (Å²) in [4.78, 5) is 27.1. The van der Waals surface area contributed by atoms with Gasteiger partial charge in [-0.3, -0.25) is 9.59 Å². The van der Waals surface area contributed by atoms with E-state index >= 15 is 0 Å². The van der Waals surface area contributed by atoms with Crippen molar-refractivity contribution in [3.8, 4) is 0 Å². The van der Waals surface area contributed by atoms with Crippen LogP contribution < -0.4 is 5.32 Å². The van der Waals surface area contributed by atoms with Crippen LogP contribution in [0.3, 0.4) is 0 Å². The standard InChI is InChI=1S/C23H29FN2O2S/c1-4-13-25-23(28)18(3)26(14-20-8-6-5-7-17(20)2)22(27)16-29-15-19-9-11-21(24)12-10-19/h5-12,18H,4,13-16H2,1-3H3,(H,25,28)/t18-/m1/s1. The molecular formula is C23H29FN2O2S. The summed E-state index contributed by atoms with van der Waals surface area (Å²) in [6.45, 7) is 6.75. The minimum Gasteiger partial charge on any atom is -0.354 e. The Morgan fingerprint density at radius 1 is 1.14 bits per heavy atom. The smallest absolute Gasteiger partial charge is 0.242 e. The van der Waals surface area contributed by atoms with Crippen LogP contribution in [0, 0.1) is 12.7 Å². The summed E-state index contributed by atoms with van der Waals surface area (Å²) in [5.74, 6) is 0.373. The van der Waals surface area contributed by atoms with E-state index in [1.807, 2.05) is 38.1 Å². The van der Waals surface area contributed by atoms with E-state index in [4.69, 9.17) is 0 Å². The maximum absolute atomic E-state index is 13.0. The number of nitrogens with zero attached hydrogens (tertiary/aromatic N) is 1. The largest absolute Gasteiger partial charge is 0.354 e. The van der Waals surface area contributed by atoms with Crippen LogP contribution in [0.2, 0.25) is 0 Å². The van der Waals surface area contributed by atoms with Crippen LogP contribution in [-0.2, 0) is 21.9 Å². The lowest BCUT2D eigenvalue weighted by atomic mass is 10.1. The molecule has 4 nitrogen and oxygen atoms in total. The fraction of sp³-hybridized carbons (Fsp3) is 0.391. The van der Waals surface area contributed by atoms with Gasteiger partial charge in [-0.2, -0.15) is 0 Å². The lowest BCUT2D eigenvalue weighted by Gasteiger charge is -2.29. The zero-order valence-corrected chi connectivity index (χ0v) is 18.1. The highest BCUT2D eigenvalue weighted by Crippen LogP contribution is 2.17. The van der Waals surface area contributed by atoms with Gasteiger partial charge in [-0.25, -0.2) is 4.39 Å². The molecule has 1 atom stereocenters. The molecule has 0 aliphatic heterocycles. The zero-order valence-electron chi connectivity index (χ0n) is 17.3. The van der Waals surface area contributed by atoms with Gasteiger partial charge in [-0.05, 0) is 49.1 Å². The molecule has 2 rings (SSSR count). The van der Waals surface area contributed by atoms with E-state index < -0.39 is 6.04 Å². The van der Waals surface area contributed by atoms with E-state index in [-0.39, 0.29) is 23.4 Å². The van der Waals surface area contributed by atoms with Gasteiger partial charge in [-0.1, -0.05) is 43.3 Å². The number of hydrogen-bond donors (Lipinski definition) is 1. The normalized spacial score (nSPS) is 11.7. The Morgan fingerprint density at radius 2 is 1.83 bits per heavy atom. The summed E-state index contributed by atoms with van der Waals surface area (Å²) in [6.07, 6.45) is 0.845. The minimum atomic E-state index is -0.555. The van der Waals surface area contributed by atoms with Crippen molar-refractivity contribution in [1.82, 2.24) is 10.2 Å². The van der Waals surface area contributed by atoms with Crippen LogP contribution in [0.4, 0.5) is 4.39 Å². The van der Waals surface area contributed by atoms with E-state index in [1.54, 1.807) is 24.0 Å². The quantitative estimate of drug-likeness (QED) is 0.628. The molecule has 6 heteroatoms. The second-order valence-corrected chi connectivity index (χ2v) is 8.02. The fourth-order valence-corrected chi connectivity index (χ4v) is 3.74. The molecule has 2 aromatic carbocycles. The van der Waals surface area contributed by atoms with Crippen LogP contribution in [0.5, 0.6) is 0 Å². The lowest BCUT2D eigenvalue weighted by molar-refractivity contribution is -0.138. The third-order valence-corrected chi connectivity index (χ3v) is 5.71. The van der Waals surface area contributed by atoms with E-state index in [0.29, 0.717) is 18.8 Å². The molecule has 0 radical (unpaired) electrons. The number of halogens is 1. The Labute approximate surface area is 176 Å². The molecule has 1 N–H and O–H groups in total. The predicted molar refractivity (Wildman–Crippen MR) is 117 cm³/mol. The minimum absolute atomic E-state index is 0.0838. The number of thioether (sulfide) groups is 1. The molecule has 0 unspecified atom stereocenters. The first kappa shape index (κ1) is 22.9. The molecule has 156 valence electrons. The molecule has 29 heavy (non-hydrogen) atoms. The Kier molecular flexibility index (Phi) is 9.19. The Balaban J connectivity index is 2.05. The fourth-order valence-electron chi connectivity index (χ4n) is 2.87. The van der Waals surface area contributed by atoms with E-state index in [0.717, 1.165) is 23.1 Å². The topological polar surface area (TPSA) is 49.4 Å². The highest BCUT2D eigenvalue weighted by Gasteiger charge is 2.26. The molecule has 2 aromatic rings. The van der Waals surface area contributed by atoms with Crippen molar-refractivity contribution in [2.24, 2.45) is 0 Å². The Bertz CT molecular complexity index is 811. The van der Waals surface area contributed by atoms with Crippen molar-refractivity contribution in [1.29, 1.82) is 0 Å². The molecule has 0 saturated carbocycles. The third-order valence-electron chi connectivity index (χ3n) is 4.73. The highest BCUT2D eigenvalue weighted by molar-refractivity contribution is 7.99. The third kappa shape index (κ3) is 7.20. The molecule has 0 fully saturated rings. The van der Waals surface area contributed by atoms with Gasteiger partial charge in [-0.15, -0.1) is 11.8 Å². The Morgan fingerprint density at radius 3 is 2.48 bits per heavy atom. The van der Waals surface area contributed by atoms with Crippen molar-refractivity contribution in [2.45, 2.75) is 45.5 Å². The van der Waals surface area contributed by atoms with Crippen molar-refractivity contribution in [2.75, 3.05) is 12.3 Å². The van der Waals surface area contributed by atoms with Gasteiger partial charge in [0.1, 0.15) is 11.9 Å². The Hall–Kier alpha value is -2.34. The number of hydrogen-bond acceptors (Lipinski definition) is 3. The molecule has 0 heterocycles. The summed E-state index contributed by atoms with van der Waals surface area (Å²) in [6, 6.07) is 13.6. The lowest BCUT2D eigenvalue weighted by Crippen LogP contribution is -2.48. The first-order valence-corrected chi connectivity index (χ1v) is 11.0. The second kappa shape index (κ2) is 11.6. The number of aryl methyl sites for hydroxylation is 1. The van der Waals surface area contributed by atoms with Gasteiger partial charge in [0, 0.05) is 18.8 Å². The van der Waals surface area contributed by atoms with Gasteiger partial charge in [0.15, 0.2) is 0 Å². The molecule has 0 bridgehead atoms. The average molecular weight is 417 g/mol. The second-order valence-electron chi connectivity index (χ2n) is 7.03. The SMILES string of the molecule is CCCNC(=O)[C@@H](C)N(Cc1ccccc1C)C(=O)CSCc1ccc(F)cc1. The van der Waals surface area contributed by atoms with Crippen LogP contribution in [0.15, 0.2) is 48.5 Å². The summed E-state index contributed by atoms with van der Waals surface area (Å²) in [7, 11) is 0. The van der Waals surface area contributed by atoms with Gasteiger partial charge >= 0.3 is 0 Å². The first-order valence-electron chi connectivity index (χ1n) is 9.86. The summed E-state index contributed by atoms with van der Waals surface area (Å²) in [5, 5.41) is 2.88. The maximum atomic E-state index is 13.0. The number of carbonyl (C=O) groups is 2. The van der Waals surface area contributed by atoms with Gasteiger partial charge in [0.2, 0.25) is 11.8 Å². The average Bonchev–Trinajstić information content (AvgIpc) is 2.72. The summed E-state index contributed by atoms with van der Waals surface area (Å²) < 4.78 is 13.0. The van der Waals surface area contributed by atoms with Crippen LogP contribution >= 0.6 is 11.8 Å². The van der Waals surface area contributed by atoms with Crippen molar-refractivity contribution in [3.05, 3.63) is 71.0 Å². The number of rotatable bonds is 10. The predicted octanol–water partition coefficient (Wildman–Crippen LogP) is 4.31. The molecular weight excluding hydrogens is 387 g/mol. The maximum Gasteiger partial charge on any atom is 0.242 e. The number of benzene rings is 2. The highest BCUT2D eigenvalue weighted by atomic mass is 32.2. The van der Waals surface area contributed by atoms with Crippen molar-refractivity contribution < 1.29 is 14.0 Å². The van der Waals surface area contributed by atoms with Crippen LogP contribution in [0.1, 0.15) is 37.0 Å². The number of carbonyl (C=O) groups excluding carboxylic acids is 2. The molecule has 0 aliphatic rings. The van der Waals surface area contributed by atoms with Crippen LogP contribution in [-0.4, -0.2) is 35.1 Å². The zero-order chi connectivity index (χ0) is 21.2. The first-order chi connectivity index (χ1) is 13.9. The van der Waals surface area contributed by atoms with Gasteiger partial charge in [0.05, 0.1) is 5.75 Å². The summed E-state index contributed by atoms with van der Waals surface area (Å²) >= 11 is 1.47. The van der Waals surface area contributed by atoms with E-state index in [2.05, 4.69) is 5.32 Å². The molecule has 0 saturated heterocycles. The van der Waals surface area contributed by atoms with E-state index in [9.17, 15) is 14.0 Å².